The van der Waals surface area contributed by atoms with Gasteiger partial charge in [-0.3, -0.25) is 9.69 Å². The minimum Gasteiger partial charge on any atom is -0.494 e. The number of carbonyl (C=O) groups is 1. The minimum absolute atomic E-state index is 0.206. The SMILES string of the molecule is COc1cccc(CN2CCCCCC2CC(C)=O)c1F. The van der Waals surface area contributed by atoms with Crippen LogP contribution in [0.3, 0.4) is 0 Å². The van der Waals surface area contributed by atoms with Crippen LogP contribution in [0.25, 0.3) is 0 Å². The van der Waals surface area contributed by atoms with E-state index in [0.29, 0.717) is 18.5 Å². The van der Waals surface area contributed by atoms with Crippen LogP contribution in [-0.4, -0.2) is 30.4 Å². The summed E-state index contributed by atoms with van der Waals surface area (Å²) in [6, 6.07) is 5.48. The quantitative estimate of drug-likeness (QED) is 0.831. The van der Waals surface area contributed by atoms with Gasteiger partial charge in [0.2, 0.25) is 0 Å². The third kappa shape index (κ3) is 4.27. The van der Waals surface area contributed by atoms with Gasteiger partial charge < -0.3 is 4.74 Å². The molecule has 0 spiro atoms. The molecule has 1 saturated heterocycles. The second-order valence-corrected chi connectivity index (χ2v) is 5.81. The van der Waals surface area contributed by atoms with Crippen molar-refractivity contribution in [1.82, 2.24) is 4.90 Å². The van der Waals surface area contributed by atoms with E-state index in [2.05, 4.69) is 4.90 Å². The van der Waals surface area contributed by atoms with Crippen LogP contribution in [0.15, 0.2) is 18.2 Å². The molecule has 0 N–H and O–H groups in total. The average Bonchev–Trinajstić information content (AvgIpc) is 2.66. The largest absolute Gasteiger partial charge is 0.494 e. The summed E-state index contributed by atoms with van der Waals surface area (Å²) < 4.78 is 19.3. The molecule has 116 valence electrons. The summed E-state index contributed by atoms with van der Waals surface area (Å²) in [5.41, 5.74) is 0.643. The molecule has 0 amide bonds. The highest BCUT2D eigenvalue weighted by Gasteiger charge is 2.23. The van der Waals surface area contributed by atoms with Gasteiger partial charge in [-0.15, -0.1) is 0 Å². The van der Waals surface area contributed by atoms with Gasteiger partial charge in [0.15, 0.2) is 11.6 Å². The van der Waals surface area contributed by atoms with Gasteiger partial charge >= 0.3 is 0 Å². The number of halogens is 1. The summed E-state index contributed by atoms with van der Waals surface area (Å²) in [6.45, 7) is 3.10. The van der Waals surface area contributed by atoms with Gasteiger partial charge in [0.1, 0.15) is 5.78 Å². The number of hydrogen-bond donors (Lipinski definition) is 0. The normalized spacial score (nSPS) is 20.0. The van der Waals surface area contributed by atoms with Crippen LogP contribution in [0.1, 0.15) is 44.6 Å². The lowest BCUT2D eigenvalue weighted by atomic mass is 10.0. The van der Waals surface area contributed by atoms with Crippen LogP contribution in [0.4, 0.5) is 4.39 Å². The number of hydrogen-bond acceptors (Lipinski definition) is 3. The third-order valence-corrected chi connectivity index (χ3v) is 4.16. The van der Waals surface area contributed by atoms with Crippen molar-refractivity contribution < 1.29 is 13.9 Å². The van der Waals surface area contributed by atoms with E-state index in [-0.39, 0.29) is 23.4 Å². The minimum atomic E-state index is -0.286. The second kappa shape index (κ2) is 7.55. The molecule has 1 unspecified atom stereocenters. The first-order valence-corrected chi connectivity index (χ1v) is 7.66. The van der Waals surface area contributed by atoms with Crippen molar-refractivity contribution in [3.63, 3.8) is 0 Å². The molecule has 1 aliphatic heterocycles. The maximum atomic E-state index is 14.3. The molecule has 0 bridgehead atoms. The van der Waals surface area contributed by atoms with Crippen molar-refractivity contribution in [3.05, 3.63) is 29.6 Å². The van der Waals surface area contributed by atoms with Gasteiger partial charge in [-0.1, -0.05) is 25.0 Å². The van der Waals surface area contributed by atoms with E-state index in [1.54, 1.807) is 19.1 Å². The smallest absolute Gasteiger partial charge is 0.169 e. The number of benzene rings is 1. The monoisotopic (exact) mass is 293 g/mol. The molecular weight excluding hydrogens is 269 g/mol. The fraction of sp³-hybridized carbons (Fsp3) is 0.588. The molecule has 1 aromatic carbocycles. The highest BCUT2D eigenvalue weighted by atomic mass is 19.1. The summed E-state index contributed by atoms with van der Waals surface area (Å²) in [5, 5.41) is 0. The number of methoxy groups -OCH3 is 1. The predicted molar refractivity (Wildman–Crippen MR) is 80.9 cm³/mol. The van der Waals surface area contributed by atoms with Crippen LogP contribution < -0.4 is 4.74 Å². The second-order valence-electron chi connectivity index (χ2n) is 5.81. The lowest BCUT2D eigenvalue weighted by Crippen LogP contribution is -2.36. The molecule has 1 atom stereocenters. The van der Waals surface area contributed by atoms with E-state index >= 15 is 0 Å². The number of ketones is 1. The van der Waals surface area contributed by atoms with Crippen molar-refractivity contribution >= 4 is 5.78 Å². The molecule has 1 heterocycles. The number of nitrogens with zero attached hydrogens (tertiary/aromatic N) is 1. The number of ether oxygens (including phenoxy) is 1. The van der Waals surface area contributed by atoms with E-state index in [9.17, 15) is 9.18 Å². The zero-order valence-corrected chi connectivity index (χ0v) is 12.9. The maximum absolute atomic E-state index is 14.3. The Balaban J connectivity index is 2.16. The van der Waals surface area contributed by atoms with E-state index < -0.39 is 0 Å². The first-order valence-electron chi connectivity index (χ1n) is 7.66. The van der Waals surface area contributed by atoms with Crippen molar-refractivity contribution in [3.8, 4) is 5.75 Å². The fourth-order valence-electron chi connectivity index (χ4n) is 3.06. The molecule has 1 aliphatic rings. The zero-order valence-electron chi connectivity index (χ0n) is 12.9. The van der Waals surface area contributed by atoms with Gasteiger partial charge in [0, 0.05) is 24.6 Å². The molecular formula is C17H24FNO2. The maximum Gasteiger partial charge on any atom is 0.169 e. The Labute approximate surface area is 126 Å². The highest BCUT2D eigenvalue weighted by molar-refractivity contribution is 5.76. The first-order chi connectivity index (χ1) is 10.1. The lowest BCUT2D eigenvalue weighted by Gasteiger charge is -2.29. The summed E-state index contributed by atoms with van der Waals surface area (Å²) in [5.74, 6) is 0.203. The first kappa shape index (κ1) is 16.0. The molecule has 0 saturated carbocycles. The number of Topliss-reactive ketones (excluding diaryl/α,β-unsaturated/α-hetero) is 1. The molecule has 2 rings (SSSR count). The average molecular weight is 293 g/mol. The summed E-state index contributed by atoms with van der Waals surface area (Å²) in [4.78, 5) is 13.7. The van der Waals surface area contributed by atoms with Crippen molar-refractivity contribution in [1.29, 1.82) is 0 Å². The Morgan fingerprint density at radius 3 is 2.90 bits per heavy atom. The van der Waals surface area contributed by atoms with Crippen LogP contribution >= 0.6 is 0 Å². The molecule has 0 aliphatic carbocycles. The van der Waals surface area contributed by atoms with Gasteiger partial charge in [-0.05, 0) is 32.4 Å². The van der Waals surface area contributed by atoms with Crippen LogP contribution in [0.2, 0.25) is 0 Å². The summed E-state index contributed by atoms with van der Waals surface area (Å²) in [7, 11) is 1.48. The Morgan fingerprint density at radius 1 is 1.38 bits per heavy atom. The Bertz CT molecular complexity index is 490. The van der Waals surface area contributed by atoms with Gasteiger partial charge in [-0.25, -0.2) is 4.39 Å². The predicted octanol–water partition coefficient (Wildman–Crippen LogP) is 3.56. The van der Waals surface area contributed by atoms with E-state index in [4.69, 9.17) is 4.74 Å². The van der Waals surface area contributed by atoms with Gasteiger partial charge in [0.25, 0.3) is 0 Å². The molecule has 3 nitrogen and oxygen atoms in total. The molecule has 0 aromatic heterocycles. The van der Waals surface area contributed by atoms with Gasteiger partial charge in [0.05, 0.1) is 7.11 Å². The van der Waals surface area contributed by atoms with Crippen molar-refractivity contribution in [2.75, 3.05) is 13.7 Å². The summed E-state index contributed by atoms with van der Waals surface area (Å²) >= 11 is 0. The van der Waals surface area contributed by atoms with Crippen LogP contribution in [0, 0.1) is 5.82 Å². The lowest BCUT2D eigenvalue weighted by molar-refractivity contribution is -0.118. The standard InChI is InChI=1S/C17H24FNO2/c1-13(20)11-15-8-4-3-5-10-19(15)12-14-7-6-9-16(21-2)17(14)18/h6-7,9,15H,3-5,8,10-12H2,1-2H3. The van der Waals surface area contributed by atoms with Crippen LogP contribution in [0.5, 0.6) is 5.75 Å². The van der Waals surface area contributed by atoms with E-state index in [1.807, 2.05) is 6.07 Å². The molecule has 21 heavy (non-hydrogen) atoms. The molecule has 0 radical (unpaired) electrons. The molecule has 1 fully saturated rings. The Kier molecular flexibility index (Phi) is 5.74. The third-order valence-electron chi connectivity index (χ3n) is 4.16. The Morgan fingerprint density at radius 2 is 2.19 bits per heavy atom. The van der Waals surface area contributed by atoms with Crippen molar-refractivity contribution in [2.24, 2.45) is 0 Å². The van der Waals surface area contributed by atoms with Crippen LogP contribution in [-0.2, 0) is 11.3 Å². The number of rotatable bonds is 5. The molecule has 4 heteroatoms. The van der Waals surface area contributed by atoms with Gasteiger partial charge in [-0.2, -0.15) is 0 Å². The Hall–Kier alpha value is -1.42. The number of carbonyl (C=O) groups excluding carboxylic acids is 1. The highest BCUT2D eigenvalue weighted by Crippen LogP contribution is 2.25. The van der Waals surface area contributed by atoms with E-state index in [1.165, 1.54) is 13.5 Å². The van der Waals surface area contributed by atoms with E-state index in [0.717, 1.165) is 25.8 Å². The van der Waals surface area contributed by atoms with Crippen molar-refractivity contribution in [2.45, 2.75) is 51.6 Å². The molecule has 1 aromatic rings. The topological polar surface area (TPSA) is 29.5 Å². The fourth-order valence-corrected chi connectivity index (χ4v) is 3.06. The number of likely N-dealkylation sites (tertiary alicyclic amines) is 1. The zero-order chi connectivity index (χ0) is 15.2. The summed E-state index contributed by atoms with van der Waals surface area (Å²) in [6.07, 6.45) is 5.03.